The van der Waals surface area contributed by atoms with Crippen molar-refractivity contribution < 1.29 is 13.6 Å². The number of rotatable bonds is 8. The molecular formula is C21H19F2N5OS. The highest BCUT2D eigenvalue weighted by molar-refractivity contribution is 7.99. The topological polar surface area (TPSA) is 96.7 Å². The number of nitrogens with two attached hydrogens (primary N) is 1. The summed E-state index contributed by atoms with van der Waals surface area (Å²) >= 11 is 0.432. The summed E-state index contributed by atoms with van der Waals surface area (Å²) in [5.74, 6) is -2.51. The fourth-order valence-electron chi connectivity index (χ4n) is 2.89. The van der Waals surface area contributed by atoms with Gasteiger partial charge in [0.25, 0.3) is 11.7 Å². The highest BCUT2D eigenvalue weighted by atomic mass is 32.2. The van der Waals surface area contributed by atoms with E-state index < -0.39 is 5.76 Å². The molecule has 0 spiro atoms. The predicted octanol–water partition coefficient (Wildman–Crippen LogP) is 4.00. The molecule has 3 aromatic rings. The smallest absolute Gasteiger partial charge is 0.288 e. The first-order valence-corrected chi connectivity index (χ1v) is 10.0. The maximum Gasteiger partial charge on any atom is 0.288 e. The summed E-state index contributed by atoms with van der Waals surface area (Å²) in [4.78, 5) is 12.6. The second-order valence-electron chi connectivity index (χ2n) is 6.33. The van der Waals surface area contributed by atoms with Crippen molar-refractivity contribution in [3.05, 3.63) is 71.4 Å². The van der Waals surface area contributed by atoms with Crippen LogP contribution in [0, 0.1) is 11.3 Å². The molecule has 0 atom stereocenters. The van der Waals surface area contributed by atoms with Gasteiger partial charge >= 0.3 is 0 Å². The number of nitrogens with one attached hydrogen (secondary N) is 1. The number of amides is 1. The zero-order valence-corrected chi connectivity index (χ0v) is 16.7. The number of carbonyl (C=O) groups is 1. The van der Waals surface area contributed by atoms with Crippen molar-refractivity contribution in [3.8, 4) is 11.8 Å². The molecule has 1 heterocycles. The van der Waals surface area contributed by atoms with Crippen LogP contribution in [0.1, 0.15) is 28.0 Å². The molecule has 0 aliphatic carbocycles. The molecule has 30 heavy (non-hydrogen) atoms. The summed E-state index contributed by atoms with van der Waals surface area (Å²) in [7, 11) is 0. The molecule has 9 heteroatoms. The van der Waals surface area contributed by atoms with Gasteiger partial charge < -0.3 is 11.1 Å². The number of aromatic nitrogens is 2. The van der Waals surface area contributed by atoms with E-state index in [2.05, 4.69) is 16.5 Å². The van der Waals surface area contributed by atoms with E-state index in [-0.39, 0.29) is 11.7 Å². The molecule has 154 valence electrons. The lowest BCUT2D eigenvalue weighted by molar-refractivity contribution is 0.0953. The van der Waals surface area contributed by atoms with E-state index in [0.717, 1.165) is 5.69 Å². The van der Waals surface area contributed by atoms with Crippen molar-refractivity contribution >= 4 is 23.5 Å². The number of nitrogen functional groups attached to an aromatic ring is 1. The summed E-state index contributed by atoms with van der Waals surface area (Å²) < 4.78 is 26.2. The minimum atomic E-state index is -2.50. The molecule has 0 radical (unpaired) electrons. The Morgan fingerprint density at radius 2 is 1.90 bits per heavy atom. The number of aryl methyl sites for hydroxylation is 1. The van der Waals surface area contributed by atoms with Gasteiger partial charge in [0.2, 0.25) is 0 Å². The van der Waals surface area contributed by atoms with Gasteiger partial charge in [-0.3, -0.25) is 4.79 Å². The van der Waals surface area contributed by atoms with Gasteiger partial charge in [0, 0.05) is 17.0 Å². The van der Waals surface area contributed by atoms with Crippen molar-refractivity contribution in [2.75, 3.05) is 12.3 Å². The van der Waals surface area contributed by atoms with E-state index >= 15 is 0 Å². The molecule has 0 bridgehead atoms. The van der Waals surface area contributed by atoms with Gasteiger partial charge in [-0.2, -0.15) is 19.1 Å². The number of nitriles is 1. The molecule has 3 rings (SSSR count). The maximum atomic E-state index is 12.4. The van der Waals surface area contributed by atoms with Crippen LogP contribution in [0.25, 0.3) is 5.69 Å². The van der Waals surface area contributed by atoms with Crippen LogP contribution in [-0.2, 0) is 6.42 Å². The summed E-state index contributed by atoms with van der Waals surface area (Å²) in [6, 6.07) is 17.4. The summed E-state index contributed by atoms with van der Waals surface area (Å²) in [5, 5.41) is 16.7. The molecule has 0 aliphatic rings. The fraction of sp³-hybridized carbons (Fsp3) is 0.190. The van der Waals surface area contributed by atoms with Gasteiger partial charge in [-0.15, -0.1) is 0 Å². The van der Waals surface area contributed by atoms with Crippen LogP contribution >= 0.6 is 11.8 Å². The fourth-order valence-corrected chi connectivity index (χ4v) is 3.39. The van der Waals surface area contributed by atoms with Crippen LogP contribution in [0.15, 0.2) is 59.5 Å². The zero-order valence-electron chi connectivity index (χ0n) is 15.9. The van der Waals surface area contributed by atoms with Crippen molar-refractivity contribution in [2.45, 2.75) is 23.5 Å². The number of carbonyl (C=O) groups excluding carboxylic acids is 1. The molecule has 2 aromatic carbocycles. The van der Waals surface area contributed by atoms with Gasteiger partial charge in [0.1, 0.15) is 17.5 Å². The molecule has 1 aromatic heterocycles. The van der Waals surface area contributed by atoms with E-state index in [1.165, 1.54) is 28.9 Å². The number of hydrogen-bond acceptors (Lipinski definition) is 5. The monoisotopic (exact) mass is 427 g/mol. The number of nitrogens with zero attached hydrogens (tertiary/aromatic N) is 3. The van der Waals surface area contributed by atoms with Crippen LogP contribution in [0.3, 0.4) is 0 Å². The quantitative estimate of drug-likeness (QED) is 0.418. The number of halogens is 2. The lowest BCUT2D eigenvalue weighted by atomic mass is 10.1. The Morgan fingerprint density at radius 1 is 1.20 bits per heavy atom. The molecule has 0 saturated carbocycles. The third-order valence-electron chi connectivity index (χ3n) is 4.32. The number of anilines is 1. The zero-order chi connectivity index (χ0) is 21.5. The number of para-hydroxylation sites is 1. The molecule has 0 saturated heterocycles. The Balaban J connectivity index is 1.56. The van der Waals surface area contributed by atoms with E-state index in [9.17, 15) is 18.8 Å². The maximum absolute atomic E-state index is 12.4. The number of thioether (sulfide) groups is 1. The Hall–Kier alpha value is -3.38. The Kier molecular flexibility index (Phi) is 7.03. The number of hydrogen-bond donors (Lipinski definition) is 2. The number of benzene rings is 2. The number of alkyl halides is 2. The average Bonchev–Trinajstić information content (AvgIpc) is 3.07. The molecule has 0 aliphatic heterocycles. The molecular weight excluding hydrogens is 408 g/mol. The Labute approximate surface area is 176 Å². The Bertz CT molecular complexity index is 1050. The van der Waals surface area contributed by atoms with E-state index in [1.54, 1.807) is 0 Å². The largest absolute Gasteiger partial charge is 0.382 e. The average molecular weight is 427 g/mol. The summed E-state index contributed by atoms with van der Waals surface area (Å²) in [6.45, 7) is 0.370. The lowest BCUT2D eigenvalue weighted by Gasteiger charge is -2.06. The van der Waals surface area contributed by atoms with Gasteiger partial charge in [0.05, 0.1) is 11.4 Å². The SMILES string of the molecule is N#Cc1c(CCCNC(=O)c2ccc(SC(F)F)cc2)nn(-c2ccccc2)c1N. The summed E-state index contributed by atoms with van der Waals surface area (Å²) in [6.07, 6.45) is 1.03. The highest BCUT2D eigenvalue weighted by Gasteiger charge is 2.16. The van der Waals surface area contributed by atoms with Gasteiger partial charge in [-0.05, 0) is 49.2 Å². The Morgan fingerprint density at radius 3 is 2.53 bits per heavy atom. The van der Waals surface area contributed by atoms with E-state index in [0.29, 0.717) is 52.9 Å². The normalized spacial score (nSPS) is 10.7. The lowest BCUT2D eigenvalue weighted by Crippen LogP contribution is -2.24. The third kappa shape index (κ3) is 5.15. The predicted molar refractivity (Wildman–Crippen MR) is 112 cm³/mol. The summed E-state index contributed by atoms with van der Waals surface area (Å²) in [5.41, 5.74) is 8.13. The van der Waals surface area contributed by atoms with Crippen LogP contribution in [0.2, 0.25) is 0 Å². The van der Waals surface area contributed by atoms with E-state index in [1.807, 2.05) is 30.3 Å². The molecule has 6 nitrogen and oxygen atoms in total. The first-order chi connectivity index (χ1) is 14.5. The van der Waals surface area contributed by atoms with Gasteiger partial charge in [-0.1, -0.05) is 30.0 Å². The van der Waals surface area contributed by atoms with Crippen molar-refractivity contribution in [3.63, 3.8) is 0 Å². The molecule has 0 unspecified atom stereocenters. The third-order valence-corrected chi connectivity index (χ3v) is 5.05. The molecule has 3 N–H and O–H groups in total. The molecule has 1 amide bonds. The van der Waals surface area contributed by atoms with Crippen LogP contribution in [0.5, 0.6) is 0 Å². The van der Waals surface area contributed by atoms with Crippen molar-refractivity contribution in [1.82, 2.24) is 15.1 Å². The van der Waals surface area contributed by atoms with E-state index in [4.69, 9.17) is 5.73 Å². The van der Waals surface area contributed by atoms with Crippen LogP contribution < -0.4 is 11.1 Å². The molecule has 0 fully saturated rings. The minimum absolute atomic E-state index is 0.282. The van der Waals surface area contributed by atoms with Gasteiger partial charge in [-0.25, -0.2) is 4.68 Å². The minimum Gasteiger partial charge on any atom is -0.382 e. The highest BCUT2D eigenvalue weighted by Crippen LogP contribution is 2.25. The van der Waals surface area contributed by atoms with Crippen LogP contribution in [0.4, 0.5) is 14.6 Å². The van der Waals surface area contributed by atoms with Crippen molar-refractivity contribution in [1.29, 1.82) is 5.26 Å². The first kappa shape index (κ1) is 21.3. The second kappa shape index (κ2) is 9.89. The van der Waals surface area contributed by atoms with Gasteiger partial charge in [0.15, 0.2) is 0 Å². The second-order valence-corrected chi connectivity index (χ2v) is 7.39. The standard InChI is InChI=1S/C21H19F2N5OS/c22-21(23)30-16-10-8-14(9-11-16)20(29)26-12-4-7-18-17(13-24)19(25)28(27-18)15-5-2-1-3-6-15/h1-3,5-6,8-11,21H,4,7,12,25H2,(H,26,29). The van der Waals surface area contributed by atoms with Crippen LogP contribution in [-0.4, -0.2) is 28.0 Å². The van der Waals surface area contributed by atoms with Crippen molar-refractivity contribution in [2.24, 2.45) is 0 Å². The first-order valence-electron chi connectivity index (χ1n) is 9.15.